The fourth-order valence-corrected chi connectivity index (χ4v) is 2.04. The zero-order chi connectivity index (χ0) is 16.7. The Morgan fingerprint density at radius 3 is 2.50 bits per heavy atom. The Labute approximate surface area is 128 Å². The van der Waals surface area contributed by atoms with E-state index < -0.39 is 16.9 Å². The topological polar surface area (TPSA) is 98.5 Å². The molecule has 0 fully saturated rings. The van der Waals surface area contributed by atoms with Gasteiger partial charge in [-0.15, -0.1) is 0 Å². The predicted molar refractivity (Wildman–Crippen MR) is 80.2 cm³/mol. The molecule has 22 heavy (non-hydrogen) atoms. The van der Waals surface area contributed by atoms with Crippen LogP contribution in [0.4, 0.5) is 5.69 Å². The van der Waals surface area contributed by atoms with Gasteiger partial charge in [0.05, 0.1) is 12.0 Å². The van der Waals surface area contributed by atoms with Gasteiger partial charge in [-0.1, -0.05) is 32.0 Å². The molecule has 1 N–H and O–H groups in total. The Bertz CT molecular complexity index is 557. The first-order chi connectivity index (χ1) is 10.3. The Kier molecular flexibility index (Phi) is 6.49. The number of amides is 1. The molecule has 0 aliphatic rings. The van der Waals surface area contributed by atoms with Crippen LogP contribution in [0.2, 0.25) is 0 Å². The second kappa shape index (κ2) is 8.11. The van der Waals surface area contributed by atoms with E-state index >= 15 is 0 Å². The van der Waals surface area contributed by atoms with E-state index in [2.05, 4.69) is 10.1 Å². The first-order valence-corrected chi connectivity index (χ1v) is 6.94. The number of hydrogen-bond acceptors (Lipinski definition) is 5. The molecular weight excluding hydrogens is 288 g/mol. The Hall–Kier alpha value is -2.44. The summed E-state index contributed by atoms with van der Waals surface area (Å²) in [4.78, 5) is 34.2. The van der Waals surface area contributed by atoms with Crippen LogP contribution in [0.25, 0.3) is 0 Å². The molecule has 1 aromatic rings. The molecule has 0 heterocycles. The molecule has 1 atom stereocenters. The molecule has 7 heteroatoms. The van der Waals surface area contributed by atoms with E-state index in [1.54, 1.807) is 18.2 Å². The maximum Gasteiger partial charge on any atom is 0.328 e. The number of benzene rings is 1. The standard InChI is InChI=1S/C15H20N2O5/c1-10(2)8-14(18)16-12(15(19)22-3)9-11-6-4-5-7-13(11)17(20)21/h4-7,10,12H,8-9H2,1-3H3,(H,16,18)/t12-/m0/s1. The highest BCUT2D eigenvalue weighted by Crippen LogP contribution is 2.19. The predicted octanol–water partition coefficient (Wildman–Crippen LogP) is 1.84. The Morgan fingerprint density at radius 2 is 1.95 bits per heavy atom. The highest BCUT2D eigenvalue weighted by Gasteiger charge is 2.25. The molecule has 0 saturated heterocycles. The third kappa shape index (κ3) is 5.16. The first-order valence-electron chi connectivity index (χ1n) is 6.94. The lowest BCUT2D eigenvalue weighted by Gasteiger charge is -2.17. The molecule has 120 valence electrons. The molecule has 7 nitrogen and oxygen atoms in total. The minimum absolute atomic E-state index is 0.00760. The van der Waals surface area contributed by atoms with E-state index in [0.29, 0.717) is 5.56 Å². The van der Waals surface area contributed by atoms with E-state index in [0.717, 1.165) is 0 Å². The molecule has 0 radical (unpaired) electrons. The number of rotatable bonds is 7. The third-order valence-electron chi connectivity index (χ3n) is 3.03. The second-order valence-corrected chi connectivity index (χ2v) is 5.33. The van der Waals surface area contributed by atoms with Gasteiger partial charge < -0.3 is 10.1 Å². The number of carbonyl (C=O) groups is 2. The summed E-state index contributed by atoms with van der Waals surface area (Å²) in [5.41, 5.74) is 0.280. The molecular formula is C15H20N2O5. The van der Waals surface area contributed by atoms with Crippen LogP contribution < -0.4 is 5.32 Å². The fraction of sp³-hybridized carbons (Fsp3) is 0.467. The summed E-state index contributed by atoms with van der Waals surface area (Å²) in [6, 6.07) is 5.17. The SMILES string of the molecule is COC(=O)[C@H](Cc1ccccc1[N+](=O)[O-])NC(=O)CC(C)C. The van der Waals surface area contributed by atoms with E-state index in [4.69, 9.17) is 0 Å². The van der Waals surface area contributed by atoms with Crippen molar-refractivity contribution < 1.29 is 19.2 Å². The largest absolute Gasteiger partial charge is 0.467 e. The maximum absolute atomic E-state index is 11.8. The lowest BCUT2D eigenvalue weighted by molar-refractivity contribution is -0.385. The molecule has 0 aliphatic carbocycles. The van der Waals surface area contributed by atoms with Crippen LogP contribution in [-0.4, -0.2) is 30.0 Å². The maximum atomic E-state index is 11.8. The summed E-state index contributed by atoms with van der Waals surface area (Å²) in [6.45, 7) is 3.77. The van der Waals surface area contributed by atoms with Crippen LogP contribution in [0.15, 0.2) is 24.3 Å². The average Bonchev–Trinajstić information content (AvgIpc) is 2.45. The van der Waals surface area contributed by atoms with Gasteiger partial charge >= 0.3 is 5.97 Å². The Morgan fingerprint density at radius 1 is 1.32 bits per heavy atom. The smallest absolute Gasteiger partial charge is 0.328 e. The summed E-state index contributed by atoms with van der Waals surface area (Å²) >= 11 is 0. The molecule has 0 saturated carbocycles. The number of methoxy groups -OCH3 is 1. The number of hydrogen-bond donors (Lipinski definition) is 1. The summed E-state index contributed by atoms with van der Waals surface area (Å²) in [5, 5.41) is 13.6. The lowest BCUT2D eigenvalue weighted by Crippen LogP contribution is -2.43. The zero-order valence-electron chi connectivity index (χ0n) is 12.9. The van der Waals surface area contributed by atoms with Gasteiger partial charge in [-0.25, -0.2) is 4.79 Å². The normalized spacial score (nSPS) is 11.8. The highest BCUT2D eigenvalue weighted by molar-refractivity contribution is 5.84. The van der Waals surface area contributed by atoms with E-state index in [1.165, 1.54) is 13.2 Å². The molecule has 0 bridgehead atoms. The monoisotopic (exact) mass is 308 g/mol. The van der Waals surface area contributed by atoms with Gasteiger partial charge in [0, 0.05) is 24.5 Å². The molecule has 0 spiro atoms. The van der Waals surface area contributed by atoms with Crippen molar-refractivity contribution in [3.8, 4) is 0 Å². The van der Waals surface area contributed by atoms with Gasteiger partial charge in [0.15, 0.2) is 0 Å². The first kappa shape index (κ1) is 17.6. The van der Waals surface area contributed by atoms with Crippen LogP contribution in [0.1, 0.15) is 25.8 Å². The molecule has 1 aromatic carbocycles. The van der Waals surface area contributed by atoms with Crippen molar-refractivity contribution >= 4 is 17.6 Å². The summed E-state index contributed by atoms with van der Waals surface area (Å²) in [5.74, 6) is -0.774. The van der Waals surface area contributed by atoms with Crippen molar-refractivity contribution in [2.45, 2.75) is 32.7 Å². The van der Waals surface area contributed by atoms with Gasteiger partial charge in [0.1, 0.15) is 6.04 Å². The number of nitrogens with zero attached hydrogens (tertiary/aromatic N) is 1. The van der Waals surface area contributed by atoms with E-state index in [-0.39, 0.29) is 30.4 Å². The number of para-hydroxylation sites is 1. The summed E-state index contributed by atoms with van der Waals surface area (Å²) in [7, 11) is 1.21. The number of nitrogens with one attached hydrogen (secondary N) is 1. The zero-order valence-corrected chi connectivity index (χ0v) is 12.9. The minimum atomic E-state index is -0.947. The van der Waals surface area contributed by atoms with Crippen LogP contribution in [0, 0.1) is 16.0 Å². The van der Waals surface area contributed by atoms with Gasteiger partial charge in [0.2, 0.25) is 5.91 Å². The quantitative estimate of drug-likeness (QED) is 0.471. The molecule has 0 unspecified atom stereocenters. The number of carbonyl (C=O) groups excluding carboxylic acids is 2. The average molecular weight is 308 g/mol. The van der Waals surface area contributed by atoms with Crippen LogP contribution in [0.3, 0.4) is 0 Å². The van der Waals surface area contributed by atoms with Gasteiger partial charge in [-0.2, -0.15) is 0 Å². The molecule has 0 aliphatic heterocycles. The van der Waals surface area contributed by atoms with Crippen molar-refractivity contribution in [2.75, 3.05) is 7.11 Å². The van der Waals surface area contributed by atoms with Crippen molar-refractivity contribution in [1.82, 2.24) is 5.32 Å². The van der Waals surface area contributed by atoms with Gasteiger partial charge in [-0.3, -0.25) is 14.9 Å². The van der Waals surface area contributed by atoms with E-state index in [1.807, 2.05) is 13.8 Å². The highest BCUT2D eigenvalue weighted by atomic mass is 16.6. The van der Waals surface area contributed by atoms with E-state index in [9.17, 15) is 19.7 Å². The van der Waals surface area contributed by atoms with Crippen molar-refractivity contribution in [2.24, 2.45) is 5.92 Å². The van der Waals surface area contributed by atoms with Crippen molar-refractivity contribution in [3.05, 3.63) is 39.9 Å². The number of ether oxygens (including phenoxy) is 1. The molecule has 0 aromatic heterocycles. The Balaban J connectivity index is 2.93. The minimum Gasteiger partial charge on any atom is -0.467 e. The number of nitro benzene ring substituents is 1. The van der Waals surface area contributed by atoms with Crippen molar-refractivity contribution in [3.63, 3.8) is 0 Å². The molecule has 1 rings (SSSR count). The molecule has 1 amide bonds. The van der Waals surface area contributed by atoms with Gasteiger partial charge in [0.25, 0.3) is 5.69 Å². The second-order valence-electron chi connectivity index (χ2n) is 5.33. The number of esters is 1. The number of nitro groups is 1. The lowest BCUT2D eigenvalue weighted by atomic mass is 10.0. The summed E-state index contributed by atoms with van der Waals surface area (Å²) < 4.78 is 4.67. The van der Waals surface area contributed by atoms with Crippen LogP contribution >= 0.6 is 0 Å². The van der Waals surface area contributed by atoms with Crippen LogP contribution in [-0.2, 0) is 20.7 Å². The van der Waals surface area contributed by atoms with Gasteiger partial charge in [-0.05, 0) is 5.92 Å². The third-order valence-corrected chi connectivity index (χ3v) is 3.03. The van der Waals surface area contributed by atoms with Crippen molar-refractivity contribution in [1.29, 1.82) is 0 Å². The summed E-state index contributed by atoms with van der Waals surface area (Å²) in [6.07, 6.45) is 0.276. The van der Waals surface area contributed by atoms with Crippen LogP contribution in [0.5, 0.6) is 0 Å². The fourth-order valence-electron chi connectivity index (χ4n) is 2.04.